The first-order valence-electron chi connectivity index (χ1n) is 10.9. The van der Waals surface area contributed by atoms with Gasteiger partial charge in [-0.2, -0.15) is 13.2 Å². The number of rotatable bonds is 7. The number of hydroxylamine groups is 1. The Labute approximate surface area is 194 Å². The summed E-state index contributed by atoms with van der Waals surface area (Å²) in [5.74, 6) is -3.46. The summed E-state index contributed by atoms with van der Waals surface area (Å²) in [6.07, 6.45) is 7.36. The molecule has 1 aromatic rings. The molecule has 2 aliphatic rings. The Hall–Kier alpha value is -2.99. The maximum Gasteiger partial charge on any atom is 0.490 e. The number of hydrogen-bond donors (Lipinski definition) is 4. The van der Waals surface area contributed by atoms with Gasteiger partial charge in [-0.05, 0) is 56.2 Å². The third-order valence-corrected chi connectivity index (χ3v) is 5.66. The molecule has 2 aliphatic carbocycles. The van der Waals surface area contributed by atoms with Crippen LogP contribution in [0.2, 0.25) is 0 Å². The Morgan fingerprint density at radius 2 is 1.76 bits per heavy atom. The number of carboxylic acid groups (broad SMARTS) is 1. The van der Waals surface area contributed by atoms with Crippen molar-refractivity contribution in [2.45, 2.75) is 75.7 Å². The molecule has 3 rings (SSSR count). The molecule has 1 heterocycles. The zero-order valence-electron chi connectivity index (χ0n) is 18.4. The quantitative estimate of drug-likeness (QED) is 0.199. The number of ether oxygens (including phenoxy) is 1. The fourth-order valence-electron chi connectivity index (χ4n) is 3.81. The number of amides is 1. The number of nitrogens with one attached hydrogen (secondary N) is 2. The van der Waals surface area contributed by atoms with Crippen LogP contribution in [-0.2, 0) is 25.7 Å². The van der Waals surface area contributed by atoms with Crippen molar-refractivity contribution in [3.05, 3.63) is 35.7 Å². The summed E-state index contributed by atoms with van der Waals surface area (Å²) in [4.78, 5) is 37.0. The number of carbonyl (C=O) groups is 3. The van der Waals surface area contributed by atoms with Crippen LogP contribution < -0.4 is 10.8 Å². The number of alkyl halides is 3. The summed E-state index contributed by atoms with van der Waals surface area (Å²) in [6, 6.07) is 3.69. The molecule has 9 nitrogen and oxygen atoms in total. The second kappa shape index (κ2) is 12.5. The summed E-state index contributed by atoms with van der Waals surface area (Å²) in [6.45, 7) is 0.536. The van der Waals surface area contributed by atoms with Gasteiger partial charge in [0.2, 0.25) is 0 Å². The Morgan fingerprint density at radius 1 is 1.15 bits per heavy atom. The van der Waals surface area contributed by atoms with E-state index in [-0.39, 0.29) is 12.1 Å². The number of nitrogens with zero attached hydrogens (tertiary/aromatic N) is 1. The van der Waals surface area contributed by atoms with E-state index in [9.17, 15) is 22.8 Å². The Morgan fingerprint density at radius 3 is 2.26 bits per heavy atom. The van der Waals surface area contributed by atoms with Crippen LogP contribution in [0.4, 0.5) is 13.2 Å². The number of carboxylic acids is 1. The molecule has 1 aromatic heterocycles. The predicted octanol–water partition coefficient (Wildman–Crippen LogP) is 3.12. The van der Waals surface area contributed by atoms with Crippen LogP contribution in [-0.4, -0.2) is 51.0 Å². The Balaban J connectivity index is 0.000000509. The van der Waals surface area contributed by atoms with E-state index < -0.39 is 23.6 Å². The van der Waals surface area contributed by atoms with Gasteiger partial charge in [-0.15, -0.1) is 0 Å². The highest BCUT2D eigenvalue weighted by Gasteiger charge is 2.43. The lowest BCUT2D eigenvalue weighted by Crippen LogP contribution is -2.51. The third kappa shape index (κ3) is 8.41. The lowest BCUT2D eigenvalue weighted by molar-refractivity contribution is -0.192. The fraction of sp³-hybridized carbons (Fsp3) is 0.545. The Bertz CT molecular complexity index is 862. The number of carbonyl (C=O) groups excluding carboxylic acids is 2. The topological polar surface area (TPSA) is 138 Å². The summed E-state index contributed by atoms with van der Waals surface area (Å²) in [5.41, 5.74) is 2.52. The van der Waals surface area contributed by atoms with Gasteiger partial charge < -0.3 is 9.84 Å². The van der Waals surface area contributed by atoms with Crippen LogP contribution in [0.25, 0.3) is 6.08 Å². The smallest absolute Gasteiger partial charge is 0.475 e. The van der Waals surface area contributed by atoms with E-state index >= 15 is 0 Å². The molecule has 0 spiro atoms. The van der Waals surface area contributed by atoms with Crippen molar-refractivity contribution in [2.24, 2.45) is 0 Å². The standard InChI is InChI=1S/C20H27N3O4.C2HF3O2/c24-18(23-26)10-9-16-8-7-15(13-21-16)14-22-20(11-3-4-12-20)19(25)27-17-5-1-2-6-17;3-2(4,5)1(6)7/h7-10,13,17,22,26H,1-6,11-12,14H2,(H,23,24);(H,6,7)/b10-9+;. The highest BCUT2D eigenvalue weighted by Crippen LogP contribution is 2.33. The van der Waals surface area contributed by atoms with Crippen LogP contribution in [0.3, 0.4) is 0 Å². The van der Waals surface area contributed by atoms with Gasteiger partial charge in [0.05, 0.1) is 5.69 Å². The second-order valence-corrected chi connectivity index (χ2v) is 8.16. The molecule has 0 aliphatic heterocycles. The molecule has 12 heteroatoms. The molecule has 0 atom stereocenters. The fourth-order valence-corrected chi connectivity index (χ4v) is 3.81. The normalized spacial score (nSPS) is 17.8. The van der Waals surface area contributed by atoms with Gasteiger partial charge in [0.15, 0.2) is 0 Å². The SMILES string of the molecule is O=C(/C=C/c1ccc(CNC2(C(=O)OC3CCCC3)CCCC2)cn1)NO.O=C(O)C(F)(F)F. The maximum atomic E-state index is 12.8. The van der Waals surface area contributed by atoms with E-state index in [1.807, 2.05) is 6.07 Å². The molecule has 0 saturated heterocycles. The van der Waals surface area contributed by atoms with E-state index in [0.29, 0.717) is 12.2 Å². The van der Waals surface area contributed by atoms with Crippen molar-refractivity contribution in [3.63, 3.8) is 0 Å². The molecule has 0 unspecified atom stereocenters. The van der Waals surface area contributed by atoms with Crippen LogP contribution in [0.1, 0.15) is 62.6 Å². The second-order valence-electron chi connectivity index (χ2n) is 8.16. The predicted molar refractivity (Wildman–Crippen MR) is 113 cm³/mol. The van der Waals surface area contributed by atoms with Gasteiger partial charge in [-0.1, -0.05) is 18.9 Å². The minimum atomic E-state index is -5.08. The van der Waals surface area contributed by atoms with Gasteiger partial charge >= 0.3 is 18.1 Å². The number of aliphatic carboxylic acids is 1. The lowest BCUT2D eigenvalue weighted by Gasteiger charge is -2.29. The van der Waals surface area contributed by atoms with Crippen molar-refractivity contribution >= 4 is 23.9 Å². The van der Waals surface area contributed by atoms with E-state index in [1.54, 1.807) is 12.3 Å². The largest absolute Gasteiger partial charge is 0.490 e. The van der Waals surface area contributed by atoms with Crippen molar-refractivity contribution in [1.82, 2.24) is 15.8 Å². The number of halogens is 3. The molecule has 0 radical (unpaired) electrons. The van der Waals surface area contributed by atoms with Crippen molar-refractivity contribution in [1.29, 1.82) is 0 Å². The maximum absolute atomic E-state index is 12.8. The number of esters is 1. The minimum absolute atomic E-state index is 0.0839. The summed E-state index contributed by atoms with van der Waals surface area (Å²) in [7, 11) is 0. The van der Waals surface area contributed by atoms with Crippen LogP contribution >= 0.6 is 0 Å². The van der Waals surface area contributed by atoms with Crippen LogP contribution in [0.15, 0.2) is 24.4 Å². The van der Waals surface area contributed by atoms with E-state index in [1.165, 1.54) is 17.6 Å². The summed E-state index contributed by atoms with van der Waals surface area (Å²) < 4.78 is 37.5. The van der Waals surface area contributed by atoms with Gasteiger partial charge in [0.1, 0.15) is 11.6 Å². The van der Waals surface area contributed by atoms with Gasteiger partial charge in [-0.3, -0.25) is 25.1 Å². The monoisotopic (exact) mass is 487 g/mol. The summed E-state index contributed by atoms with van der Waals surface area (Å²) >= 11 is 0. The first-order chi connectivity index (χ1) is 16.1. The van der Waals surface area contributed by atoms with E-state index in [4.69, 9.17) is 19.8 Å². The van der Waals surface area contributed by atoms with Crippen molar-refractivity contribution in [2.75, 3.05) is 0 Å². The molecule has 4 N–H and O–H groups in total. The minimum Gasteiger partial charge on any atom is -0.475 e. The van der Waals surface area contributed by atoms with E-state index in [2.05, 4.69) is 10.3 Å². The molecular weight excluding hydrogens is 459 g/mol. The third-order valence-electron chi connectivity index (χ3n) is 5.66. The lowest BCUT2D eigenvalue weighted by atomic mass is 9.97. The van der Waals surface area contributed by atoms with E-state index in [0.717, 1.165) is 56.9 Å². The average Bonchev–Trinajstić information content (AvgIpc) is 3.49. The molecule has 188 valence electrons. The highest BCUT2D eigenvalue weighted by molar-refractivity contribution is 5.90. The zero-order chi connectivity index (χ0) is 25.2. The van der Waals surface area contributed by atoms with Gasteiger partial charge in [-0.25, -0.2) is 10.3 Å². The molecule has 2 saturated carbocycles. The number of hydrogen-bond acceptors (Lipinski definition) is 7. The first kappa shape index (κ1) is 27.3. The molecular formula is C22H28F3N3O6. The van der Waals surface area contributed by atoms with Crippen molar-refractivity contribution < 1.29 is 42.6 Å². The van der Waals surface area contributed by atoms with Crippen molar-refractivity contribution in [3.8, 4) is 0 Å². The van der Waals surface area contributed by atoms with Gasteiger partial charge in [0, 0.05) is 18.8 Å². The highest BCUT2D eigenvalue weighted by atomic mass is 19.4. The van der Waals surface area contributed by atoms with Gasteiger partial charge in [0.25, 0.3) is 5.91 Å². The van der Waals surface area contributed by atoms with Crippen LogP contribution in [0, 0.1) is 0 Å². The molecule has 1 amide bonds. The molecule has 34 heavy (non-hydrogen) atoms. The number of pyridine rings is 1. The Kier molecular flexibility index (Phi) is 9.99. The summed E-state index contributed by atoms with van der Waals surface area (Å²) in [5, 5.41) is 19.0. The molecule has 0 bridgehead atoms. The number of aromatic nitrogens is 1. The first-order valence-corrected chi connectivity index (χ1v) is 10.9. The van der Waals surface area contributed by atoms with Crippen LogP contribution in [0.5, 0.6) is 0 Å². The zero-order valence-corrected chi connectivity index (χ0v) is 18.4. The molecule has 2 fully saturated rings. The average molecular weight is 487 g/mol. The molecule has 0 aromatic carbocycles.